The van der Waals surface area contributed by atoms with Gasteiger partial charge in [-0.1, -0.05) is 13.8 Å². The summed E-state index contributed by atoms with van der Waals surface area (Å²) in [5.74, 6) is 1.57. The van der Waals surface area contributed by atoms with Crippen LogP contribution in [0.5, 0.6) is 0 Å². The number of hydrogen-bond donors (Lipinski definition) is 1. The Kier molecular flexibility index (Phi) is 11.1. The van der Waals surface area contributed by atoms with Crippen molar-refractivity contribution in [2.75, 3.05) is 40.3 Å². The van der Waals surface area contributed by atoms with Gasteiger partial charge in [0.25, 0.3) is 0 Å². The lowest BCUT2D eigenvalue weighted by Crippen LogP contribution is -2.30. The number of nitrogens with zero attached hydrogens (tertiary/aromatic N) is 3. The molecule has 0 saturated carbocycles. The van der Waals surface area contributed by atoms with Gasteiger partial charge >= 0.3 is 0 Å². The average Bonchev–Trinajstić information content (AvgIpc) is 2.99. The smallest absolute Gasteiger partial charge is 0.186 e. The molecule has 5 heteroatoms. The van der Waals surface area contributed by atoms with Gasteiger partial charge in [-0.25, -0.2) is 5.43 Å². The van der Waals surface area contributed by atoms with Crippen LogP contribution in [0.2, 0.25) is 0 Å². The monoisotopic (exact) mass is 284 g/mol. The molecule has 1 aliphatic rings. The van der Waals surface area contributed by atoms with E-state index in [4.69, 9.17) is 4.74 Å². The van der Waals surface area contributed by atoms with Crippen molar-refractivity contribution >= 4 is 5.90 Å². The average molecular weight is 284 g/mol. The Morgan fingerprint density at radius 2 is 1.95 bits per heavy atom. The molecule has 0 aromatic rings. The molecule has 118 valence electrons. The fourth-order valence-electron chi connectivity index (χ4n) is 1.97. The molecule has 20 heavy (non-hydrogen) atoms. The minimum absolute atomic E-state index is 0.712. The number of nitrogens with one attached hydrogen (secondary N) is 1. The zero-order valence-electron chi connectivity index (χ0n) is 14.1. The fraction of sp³-hybridized carbons (Fsp3) is 0.800. The summed E-state index contributed by atoms with van der Waals surface area (Å²) >= 11 is 0. The van der Waals surface area contributed by atoms with Crippen molar-refractivity contribution in [3.05, 3.63) is 11.9 Å². The van der Waals surface area contributed by atoms with Crippen molar-refractivity contribution < 1.29 is 4.74 Å². The minimum atomic E-state index is 0.712. The second kappa shape index (κ2) is 11.7. The molecule has 0 atom stereocenters. The van der Waals surface area contributed by atoms with Gasteiger partial charge in [0.15, 0.2) is 5.90 Å². The summed E-state index contributed by atoms with van der Waals surface area (Å²) in [7, 11) is 3.79. The normalized spacial score (nSPS) is 16.7. The summed E-state index contributed by atoms with van der Waals surface area (Å²) in [6.45, 7) is 12.0. The van der Waals surface area contributed by atoms with Crippen LogP contribution in [-0.2, 0) is 4.74 Å². The van der Waals surface area contributed by atoms with Crippen molar-refractivity contribution in [2.24, 2.45) is 4.99 Å². The number of aliphatic imine (C=N–C) groups is 1. The van der Waals surface area contributed by atoms with Crippen molar-refractivity contribution in [3.63, 3.8) is 0 Å². The first kappa shape index (κ1) is 18.9. The molecule has 0 radical (unpaired) electrons. The van der Waals surface area contributed by atoms with Crippen LogP contribution in [0.1, 0.15) is 40.5 Å². The third kappa shape index (κ3) is 7.50. The van der Waals surface area contributed by atoms with Crippen LogP contribution >= 0.6 is 0 Å². The lowest BCUT2D eigenvalue weighted by molar-refractivity contribution is 0.226. The van der Waals surface area contributed by atoms with Crippen molar-refractivity contribution in [3.8, 4) is 0 Å². The van der Waals surface area contributed by atoms with E-state index in [1.54, 1.807) is 0 Å². The van der Waals surface area contributed by atoms with Gasteiger partial charge in [-0.3, -0.25) is 9.91 Å². The molecule has 0 spiro atoms. The lowest BCUT2D eigenvalue weighted by Gasteiger charge is -2.18. The van der Waals surface area contributed by atoms with E-state index < -0.39 is 0 Å². The molecule has 1 saturated heterocycles. The van der Waals surface area contributed by atoms with E-state index in [-0.39, 0.29) is 0 Å². The molecule has 5 nitrogen and oxygen atoms in total. The molecule has 1 rings (SSSR count). The minimum Gasteiger partial charge on any atom is -0.480 e. The topological polar surface area (TPSA) is 40.1 Å². The summed E-state index contributed by atoms with van der Waals surface area (Å²) in [6, 6.07) is 0. The highest BCUT2D eigenvalue weighted by atomic mass is 16.5. The molecule has 1 heterocycles. The van der Waals surface area contributed by atoms with Crippen molar-refractivity contribution in [2.45, 2.75) is 40.5 Å². The molecule has 1 aliphatic heterocycles. The van der Waals surface area contributed by atoms with E-state index in [2.05, 4.69) is 15.3 Å². The highest BCUT2D eigenvalue weighted by molar-refractivity contribution is 5.74. The fourth-order valence-corrected chi connectivity index (χ4v) is 1.97. The van der Waals surface area contributed by atoms with Crippen molar-refractivity contribution in [1.82, 2.24) is 15.3 Å². The standard InChI is InChI=1S/C13H26N4O.C2H6/c1-5-13(16(4)14-3)15-12(2)18-11-10-17-8-6-7-9-17;1-2/h5,14H,6-11H2,1-4H3;1-2H3/b13-5-,15-12+;. The van der Waals surface area contributed by atoms with E-state index in [0.29, 0.717) is 5.90 Å². The van der Waals surface area contributed by atoms with Gasteiger partial charge in [-0.15, -0.1) is 0 Å². The Morgan fingerprint density at radius 3 is 2.45 bits per heavy atom. The molecular weight excluding hydrogens is 252 g/mol. The zero-order chi connectivity index (χ0) is 15.4. The van der Waals surface area contributed by atoms with E-state index >= 15 is 0 Å². The number of rotatable bonds is 6. The molecule has 0 bridgehead atoms. The van der Waals surface area contributed by atoms with E-state index in [1.807, 2.05) is 52.9 Å². The molecule has 0 aromatic heterocycles. The van der Waals surface area contributed by atoms with Gasteiger partial charge in [-0.2, -0.15) is 4.99 Å². The van der Waals surface area contributed by atoms with Crippen LogP contribution in [0.4, 0.5) is 0 Å². The highest BCUT2D eigenvalue weighted by Gasteiger charge is 2.10. The third-order valence-corrected chi connectivity index (χ3v) is 3.13. The number of hydrazine groups is 1. The SMILES string of the molecule is C/C=C(/N=C(\C)OCCN1CCCC1)N(C)NC.CC. The van der Waals surface area contributed by atoms with Gasteiger partial charge in [0.1, 0.15) is 12.4 Å². The number of likely N-dealkylation sites (tertiary alicyclic amines) is 1. The maximum absolute atomic E-state index is 5.64. The molecule has 1 N–H and O–H groups in total. The zero-order valence-corrected chi connectivity index (χ0v) is 14.1. The van der Waals surface area contributed by atoms with Gasteiger partial charge < -0.3 is 4.74 Å². The first-order valence-corrected chi connectivity index (χ1v) is 7.65. The van der Waals surface area contributed by atoms with Crippen LogP contribution in [0.3, 0.4) is 0 Å². The number of ether oxygens (including phenoxy) is 1. The lowest BCUT2D eigenvalue weighted by atomic mass is 10.4. The maximum Gasteiger partial charge on any atom is 0.186 e. The Bertz CT molecular complexity index is 296. The first-order valence-electron chi connectivity index (χ1n) is 7.65. The van der Waals surface area contributed by atoms with Crippen LogP contribution in [0, 0.1) is 0 Å². The summed E-state index contributed by atoms with van der Waals surface area (Å²) in [4.78, 5) is 6.86. The van der Waals surface area contributed by atoms with Gasteiger partial charge in [-0.05, 0) is 38.9 Å². The Balaban J connectivity index is 0.00000172. The third-order valence-electron chi connectivity index (χ3n) is 3.13. The summed E-state index contributed by atoms with van der Waals surface area (Å²) in [5.41, 5.74) is 3.02. The van der Waals surface area contributed by atoms with E-state index in [0.717, 1.165) is 19.0 Å². The number of hydrogen-bond acceptors (Lipinski definition) is 5. The summed E-state index contributed by atoms with van der Waals surface area (Å²) in [5, 5.41) is 1.85. The Labute approximate surface area is 124 Å². The largest absolute Gasteiger partial charge is 0.480 e. The summed E-state index contributed by atoms with van der Waals surface area (Å²) in [6.07, 6.45) is 4.59. The first-order chi connectivity index (χ1) is 9.67. The molecule has 0 aliphatic carbocycles. The van der Waals surface area contributed by atoms with Crippen LogP contribution in [-0.4, -0.2) is 56.1 Å². The maximum atomic E-state index is 5.64. The molecule has 0 aromatic carbocycles. The highest BCUT2D eigenvalue weighted by Crippen LogP contribution is 2.06. The quantitative estimate of drug-likeness (QED) is 0.462. The van der Waals surface area contributed by atoms with Crippen LogP contribution in [0.25, 0.3) is 0 Å². The number of allylic oxidation sites excluding steroid dienone is 1. The van der Waals surface area contributed by atoms with Crippen LogP contribution < -0.4 is 5.43 Å². The van der Waals surface area contributed by atoms with E-state index in [1.165, 1.54) is 25.9 Å². The van der Waals surface area contributed by atoms with Crippen molar-refractivity contribution in [1.29, 1.82) is 0 Å². The Morgan fingerprint density at radius 1 is 1.35 bits per heavy atom. The molecular formula is C15H32N4O. The van der Waals surface area contributed by atoms with Gasteiger partial charge in [0, 0.05) is 27.6 Å². The molecule has 1 fully saturated rings. The molecule has 0 unspecified atom stereocenters. The van der Waals surface area contributed by atoms with Crippen LogP contribution in [0.15, 0.2) is 16.9 Å². The second-order valence-electron chi connectivity index (χ2n) is 4.46. The predicted molar refractivity (Wildman–Crippen MR) is 86.7 cm³/mol. The summed E-state index contributed by atoms with van der Waals surface area (Å²) < 4.78 is 5.64. The Hall–Kier alpha value is -1.07. The predicted octanol–water partition coefficient (Wildman–Crippen LogP) is 2.47. The van der Waals surface area contributed by atoms with E-state index in [9.17, 15) is 0 Å². The van der Waals surface area contributed by atoms with Gasteiger partial charge in [0.05, 0.1) is 0 Å². The van der Waals surface area contributed by atoms with Gasteiger partial charge in [0.2, 0.25) is 0 Å². The second-order valence-corrected chi connectivity index (χ2v) is 4.46. The molecule has 0 amide bonds.